The molecule has 8 heavy (non-hydrogen) atoms. The first-order chi connectivity index (χ1) is 3.89. The first-order valence-corrected chi connectivity index (χ1v) is 2.83. The highest BCUT2D eigenvalue weighted by Gasteiger charge is 1.80. The summed E-state index contributed by atoms with van der Waals surface area (Å²) < 4.78 is 0. The van der Waals surface area contributed by atoms with Gasteiger partial charge in [0.25, 0.3) is 0 Å². The number of thiol groups is 1. The van der Waals surface area contributed by atoms with Crippen LogP contribution in [-0.4, -0.2) is 0 Å². The number of nitrogens with one attached hydrogen (secondary N) is 1. The highest BCUT2D eigenvalue weighted by Crippen LogP contribution is 2.02. The van der Waals surface area contributed by atoms with Gasteiger partial charge in [0.2, 0.25) is 0 Å². The van der Waals surface area contributed by atoms with Crippen molar-refractivity contribution in [2.45, 2.75) is 0 Å². The lowest BCUT2D eigenvalue weighted by molar-refractivity contribution is 1.20. The van der Waals surface area contributed by atoms with Crippen molar-refractivity contribution in [1.82, 2.24) is 5.32 Å². The molecule has 0 spiro atoms. The third-order valence-corrected chi connectivity index (χ3v) is 1.11. The number of hydrogen-bond donors (Lipinski definition) is 2. The second kappa shape index (κ2) is 2.62. The summed E-state index contributed by atoms with van der Waals surface area (Å²) in [7, 11) is 0. The summed E-state index contributed by atoms with van der Waals surface area (Å²) in [6.07, 6.45) is 9.40. The largest absolute Gasteiger partial charge is 0.368 e. The van der Waals surface area contributed by atoms with Crippen molar-refractivity contribution in [3.8, 4) is 0 Å². The molecule has 0 amide bonds. The minimum absolute atomic E-state index is 0.964. The van der Waals surface area contributed by atoms with E-state index in [1.165, 1.54) is 0 Å². The summed E-state index contributed by atoms with van der Waals surface area (Å²) in [6, 6.07) is 0. The van der Waals surface area contributed by atoms with Gasteiger partial charge in [0.15, 0.2) is 0 Å². The van der Waals surface area contributed by atoms with Gasteiger partial charge in [0, 0.05) is 17.3 Å². The molecule has 1 rings (SSSR count). The van der Waals surface area contributed by atoms with Crippen molar-refractivity contribution in [3.05, 3.63) is 35.5 Å². The van der Waals surface area contributed by atoms with E-state index < -0.39 is 0 Å². The maximum Gasteiger partial charge on any atom is 0.00549 e. The van der Waals surface area contributed by atoms with E-state index in [9.17, 15) is 0 Å². The quantitative estimate of drug-likeness (QED) is 0.467. The average Bonchev–Trinajstić information content (AvgIpc) is 1.94. The topological polar surface area (TPSA) is 12.0 Å². The summed E-state index contributed by atoms with van der Waals surface area (Å²) in [5.74, 6) is 0. The Morgan fingerprint density at radius 1 is 1.38 bits per heavy atom. The van der Waals surface area contributed by atoms with Crippen molar-refractivity contribution in [2.24, 2.45) is 0 Å². The molecule has 0 aliphatic carbocycles. The third kappa shape index (κ3) is 1.46. The van der Waals surface area contributed by atoms with Crippen LogP contribution in [0, 0.1) is 0 Å². The lowest BCUT2D eigenvalue weighted by Crippen LogP contribution is -1.87. The zero-order valence-corrected chi connectivity index (χ0v) is 5.23. The first kappa shape index (κ1) is 5.51. The minimum Gasteiger partial charge on any atom is -0.368 e. The molecule has 1 heterocycles. The van der Waals surface area contributed by atoms with Gasteiger partial charge in [-0.15, -0.1) is 12.6 Å². The smallest absolute Gasteiger partial charge is 0.00549 e. The zero-order valence-electron chi connectivity index (χ0n) is 4.33. The fourth-order valence-electron chi connectivity index (χ4n) is 0.447. The van der Waals surface area contributed by atoms with Crippen LogP contribution in [0.4, 0.5) is 0 Å². The summed E-state index contributed by atoms with van der Waals surface area (Å²) >= 11 is 4.11. The molecule has 42 valence electrons. The molecule has 0 saturated carbocycles. The average molecular weight is 125 g/mol. The van der Waals surface area contributed by atoms with Crippen LogP contribution in [0.25, 0.3) is 0 Å². The van der Waals surface area contributed by atoms with Crippen molar-refractivity contribution >= 4 is 12.6 Å². The van der Waals surface area contributed by atoms with Crippen LogP contribution in [0.5, 0.6) is 0 Å². The highest BCUT2D eigenvalue weighted by atomic mass is 32.1. The lowest BCUT2D eigenvalue weighted by Gasteiger charge is -1.81. The van der Waals surface area contributed by atoms with Crippen molar-refractivity contribution in [1.29, 1.82) is 0 Å². The minimum atomic E-state index is 0.964. The van der Waals surface area contributed by atoms with Crippen LogP contribution in [-0.2, 0) is 0 Å². The standard InChI is InChI=1S/C6H7NS/c8-6-2-1-4-7-5-3-6/h1-5,7-8H. The molecule has 1 aliphatic heterocycles. The molecule has 0 aromatic carbocycles. The molecule has 0 bridgehead atoms. The number of rotatable bonds is 0. The van der Waals surface area contributed by atoms with E-state index in [2.05, 4.69) is 17.9 Å². The van der Waals surface area contributed by atoms with Crippen molar-refractivity contribution in [3.63, 3.8) is 0 Å². The van der Waals surface area contributed by atoms with Crippen LogP contribution in [0.15, 0.2) is 35.5 Å². The molecule has 0 radical (unpaired) electrons. The normalized spacial score (nSPS) is 16.9. The van der Waals surface area contributed by atoms with E-state index in [-0.39, 0.29) is 0 Å². The van der Waals surface area contributed by atoms with E-state index in [0.717, 1.165) is 4.91 Å². The van der Waals surface area contributed by atoms with Crippen LogP contribution < -0.4 is 5.32 Å². The molecular formula is C6H7NS. The van der Waals surface area contributed by atoms with Crippen LogP contribution in [0.2, 0.25) is 0 Å². The summed E-state index contributed by atoms with van der Waals surface area (Å²) in [5, 5.41) is 2.92. The molecule has 0 aromatic heterocycles. The van der Waals surface area contributed by atoms with Gasteiger partial charge in [-0.2, -0.15) is 0 Å². The third-order valence-electron chi connectivity index (χ3n) is 0.810. The van der Waals surface area contributed by atoms with Gasteiger partial charge >= 0.3 is 0 Å². The second-order valence-electron chi connectivity index (χ2n) is 1.45. The molecular weight excluding hydrogens is 118 g/mol. The van der Waals surface area contributed by atoms with E-state index in [4.69, 9.17) is 0 Å². The highest BCUT2D eigenvalue weighted by molar-refractivity contribution is 7.84. The lowest BCUT2D eigenvalue weighted by atomic mass is 10.5. The summed E-state index contributed by atoms with van der Waals surface area (Å²) in [6.45, 7) is 0. The van der Waals surface area contributed by atoms with E-state index in [1.807, 2.05) is 30.6 Å². The molecule has 2 heteroatoms. The van der Waals surface area contributed by atoms with E-state index in [0.29, 0.717) is 0 Å². The molecule has 1 aliphatic rings. The Balaban J connectivity index is 2.73. The Bertz CT molecular complexity index is 156. The van der Waals surface area contributed by atoms with Gasteiger partial charge in [0.1, 0.15) is 0 Å². The van der Waals surface area contributed by atoms with Gasteiger partial charge < -0.3 is 5.32 Å². The Morgan fingerprint density at radius 3 is 3.12 bits per heavy atom. The van der Waals surface area contributed by atoms with E-state index in [1.54, 1.807) is 0 Å². The zero-order chi connectivity index (χ0) is 5.82. The monoisotopic (exact) mass is 125 g/mol. The van der Waals surface area contributed by atoms with Crippen LogP contribution in [0.3, 0.4) is 0 Å². The molecule has 0 saturated heterocycles. The van der Waals surface area contributed by atoms with Crippen molar-refractivity contribution in [2.75, 3.05) is 0 Å². The van der Waals surface area contributed by atoms with Crippen molar-refractivity contribution < 1.29 is 0 Å². The van der Waals surface area contributed by atoms with Gasteiger partial charge in [-0.1, -0.05) is 0 Å². The van der Waals surface area contributed by atoms with Gasteiger partial charge in [0.05, 0.1) is 0 Å². The Morgan fingerprint density at radius 2 is 2.25 bits per heavy atom. The predicted octanol–water partition coefficient (Wildman–Crippen LogP) is 1.43. The molecule has 1 nitrogen and oxygen atoms in total. The Hall–Kier alpha value is -0.630. The number of hydrogen-bond acceptors (Lipinski definition) is 2. The molecule has 1 N–H and O–H groups in total. The fraction of sp³-hybridized carbons (Fsp3) is 0. The van der Waals surface area contributed by atoms with E-state index >= 15 is 0 Å². The predicted molar refractivity (Wildman–Crippen MR) is 38.5 cm³/mol. The Kier molecular flexibility index (Phi) is 1.80. The second-order valence-corrected chi connectivity index (χ2v) is 1.97. The molecule has 0 atom stereocenters. The maximum absolute atomic E-state index is 4.11. The Labute approximate surface area is 54.2 Å². The van der Waals surface area contributed by atoms with Crippen LogP contribution >= 0.6 is 12.6 Å². The maximum atomic E-state index is 4.11. The molecule has 0 fully saturated rings. The van der Waals surface area contributed by atoms with Gasteiger partial charge in [-0.3, -0.25) is 0 Å². The number of allylic oxidation sites excluding steroid dienone is 3. The van der Waals surface area contributed by atoms with Gasteiger partial charge in [-0.25, -0.2) is 0 Å². The van der Waals surface area contributed by atoms with Crippen LogP contribution in [0.1, 0.15) is 0 Å². The summed E-state index contributed by atoms with van der Waals surface area (Å²) in [4.78, 5) is 0.964. The fourth-order valence-corrected chi connectivity index (χ4v) is 0.607. The molecule has 0 unspecified atom stereocenters. The SMILES string of the molecule is SC1=CC=CNC=C1. The summed E-state index contributed by atoms with van der Waals surface area (Å²) in [5.41, 5.74) is 0. The first-order valence-electron chi connectivity index (χ1n) is 2.38. The van der Waals surface area contributed by atoms with Gasteiger partial charge in [-0.05, 0) is 18.2 Å². The molecule has 0 aromatic rings.